The number of carboxylic acid groups (broad SMARTS) is 1. The molecule has 15 N–H and O–H groups in total. The summed E-state index contributed by atoms with van der Waals surface area (Å²) >= 11 is 11.0. The summed E-state index contributed by atoms with van der Waals surface area (Å²) in [6.07, 6.45) is 3.27. The van der Waals surface area contributed by atoms with Crippen molar-refractivity contribution >= 4 is 98.5 Å². The van der Waals surface area contributed by atoms with Crippen LogP contribution in [0.25, 0.3) is 22.1 Å². The monoisotopic (exact) mass is 874 g/mol. The number of nitrogens with one attached hydrogen (secondary N) is 5. The van der Waals surface area contributed by atoms with Crippen molar-refractivity contribution in [1.29, 1.82) is 0 Å². The summed E-state index contributed by atoms with van der Waals surface area (Å²) in [6.45, 7) is 11.1. The molecular weight excluding hydrogens is 831 g/mol. The number of aldehydes is 1. The first kappa shape index (κ1) is 52.0. The maximum absolute atomic E-state index is 11.3. The standard InChI is InChI=1S/C11H15N7O2.C7H7N5O3.C5H3Cl2N3O.C4H11N.C3H8N2O.ClH/c1-6(19)3-13-17-9-8-4-14-18(5-7(2)20)10(8)16-11(12)15-9;8-7-10-5-3(6(15)11-7)1-9-12(5)2-4(13)14;6-3-2(1-11)4(7)10-5(8)9-3;1-3-5-4-2;1-3(6)2-5-4;/h4,13H,3,5H2,1-2H3,(H3,12,15,16,17);1H,2H2,(H,13,14)(H3,8,10,11,15);1H,(H2,8,9,10);5H,3-4H2,1-2H3;5H,2,4H2,1H3;1H. The first-order chi connectivity index (χ1) is 26.9. The number of hydrogen-bond donors (Lipinski definition) is 10. The lowest BCUT2D eigenvalue weighted by molar-refractivity contribution is -0.440. The molecule has 28 heteroatoms. The number of carboxylic acids is 1. The van der Waals surface area contributed by atoms with Gasteiger partial charge in [0.1, 0.15) is 46.9 Å². The van der Waals surface area contributed by atoms with Crippen LogP contribution in [0.1, 0.15) is 45.0 Å². The lowest BCUT2D eigenvalue weighted by Crippen LogP contribution is -3.00. The summed E-state index contributed by atoms with van der Waals surface area (Å²) in [4.78, 5) is 85.3. The van der Waals surface area contributed by atoms with Crippen LogP contribution in [-0.4, -0.2) is 110 Å². The van der Waals surface area contributed by atoms with E-state index in [1.54, 1.807) is 0 Å². The van der Waals surface area contributed by atoms with E-state index in [1.807, 2.05) is 0 Å². The van der Waals surface area contributed by atoms with Crippen LogP contribution in [0.4, 0.5) is 23.7 Å². The summed E-state index contributed by atoms with van der Waals surface area (Å²) in [6, 6.07) is 0. The molecule has 0 fully saturated rings. The van der Waals surface area contributed by atoms with Gasteiger partial charge in [-0.25, -0.2) is 24.8 Å². The number of nitrogen functional groups attached to an aromatic ring is 3. The molecule has 0 aromatic carbocycles. The molecule has 0 aliphatic heterocycles. The summed E-state index contributed by atoms with van der Waals surface area (Å²) < 4.78 is 2.55. The SMILES string of the molecule is CC(=O)CNNc1nc(N)nc2c1cnn2CC(C)=O.CC(=O)CN[NH3+].CCNCC.Nc1nc(Cl)c(C=O)c(Cl)n1.Nc1nc2c(cnn2CC(=O)O)c(=O)[nH]1.[Cl-]. The molecule has 0 saturated carbocycles. The Hall–Kier alpha value is -5.96. The van der Waals surface area contributed by atoms with Crippen molar-refractivity contribution in [3.05, 3.63) is 38.6 Å². The Labute approximate surface area is 345 Å². The minimum Gasteiger partial charge on any atom is -1.00 e. The summed E-state index contributed by atoms with van der Waals surface area (Å²) in [5.41, 5.74) is 24.4. The van der Waals surface area contributed by atoms with E-state index in [9.17, 15) is 28.8 Å². The second-order valence-electron chi connectivity index (χ2n) is 11.0. The number of halogens is 3. The number of fused-ring (bicyclic) bond motifs is 2. The van der Waals surface area contributed by atoms with E-state index in [0.717, 1.165) is 17.8 Å². The molecule has 5 aromatic rings. The van der Waals surface area contributed by atoms with E-state index in [-0.39, 0.29) is 94.1 Å². The lowest BCUT2D eigenvalue weighted by Gasteiger charge is -2.08. The Kier molecular flexibility index (Phi) is 24.1. The first-order valence-electron chi connectivity index (χ1n) is 16.4. The van der Waals surface area contributed by atoms with Gasteiger partial charge in [-0.15, -0.1) is 0 Å². The number of aromatic amines is 1. The molecule has 0 radical (unpaired) electrons. The predicted molar refractivity (Wildman–Crippen MR) is 211 cm³/mol. The number of aliphatic carboxylic acids is 1. The van der Waals surface area contributed by atoms with Gasteiger partial charge in [0, 0.05) is 0 Å². The van der Waals surface area contributed by atoms with Gasteiger partial charge in [0.2, 0.25) is 17.8 Å². The Morgan fingerprint density at radius 3 is 1.79 bits per heavy atom. The van der Waals surface area contributed by atoms with Crippen LogP contribution >= 0.6 is 23.2 Å². The molecule has 0 spiro atoms. The van der Waals surface area contributed by atoms with E-state index in [1.165, 1.54) is 37.8 Å². The largest absolute Gasteiger partial charge is 1.00 e. The van der Waals surface area contributed by atoms with Crippen LogP contribution in [-0.2, 0) is 32.3 Å². The van der Waals surface area contributed by atoms with Crippen molar-refractivity contribution in [2.24, 2.45) is 0 Å². The zero-order valence-corrected chi connectivity index (χ0v) is 34.2. The molecule has 25 nitrogen and oxygen atoms in total. The van der Waals surface area contributed by atoms with E-state index in [0.29, 0.717) is 29.7 Å². The molecule has 0 aliphatic rings. The number of H-pyrrole nitrogens is 1. The van der Waals surface area contributed by atoms with Crippen molar-refractivity contribution < 1.29 is 47.3 Å². The molecule has 0 unspecified atom stereocenters. The van der Waals surface area contributed by atoms with Gasteiger partial charge < -0.3 is 45.5 Å². The third-order valence-electron chi connectivity index (χ3n) is 6.10. The zero-order chi connectivity index (χ0) is 43.2. The van der Waals surface area contributed by atoms with Crippen LogP contribution in [0, 0.1) is 0 Å². The Balaban J connectivity index is 0.000000758. The first-order valence-corrected chi connectivity index (χ1v) is 17.2. The number of nitrogens with zero attached hydrogens (tertiary/aromatic N) is 9. The minimum atomic E-state index is -1.07. The number of carbonyl (C=O) groups is 5. The quantitative estimate of drug-likeness (QED) is 0.0302. The van der Waals surface area contributed by atoms with Gasteiger partial charge in [0.05, 0.1) is 29.9 Å². The maximum atomic E-state index is 11.3. The van der Waals surface area contributed by atoms with E-state index in [4.69, 9.17) is 45.5 Å². The van der Waals surface area contributed by atoms with Gasteiger partial charge in [-0.3, -0.25) is 39.6 Å². The number of carbonyl (C=O) groups excluding carboxylic acids is 4. The van der Waals surface area contributed by atoms with Gasteiger partial charge in [0.25, 0.3) is 5.56 Å². The van der Waals surface area contributed by atoms with Gasteiger partial charge in [-0.1, -0.05) is 37.0 Å². The van der Waals surface area contributed by atoms with E-state index >= 15 is 0 Å². The predicted octanol–water partition coefficient (Wildman–Crippen LogP) is -4.59. The summed E-state index contributed by atoms with van der Waals surface area (Å²) in [5.74, 6) is 2.57. The molecule has 58 heavy (non-hydrogen) atoms. The number of Topliss-reactive ketones (excluding diaryl/α,β-unsaturated/α-hetero) is 3. The number of quaternary nitrogens is 1. The highest BCUT2D eigenvalue weighted by molar-refractivity contribution is 6.37. The smallest absolute Gasteiger partial charge is 0.325 e. The average molecular weight is 876 g/mol. The maximum Gasteiger partial charge on any atom is 0.325 e. The van der Waals surface area contributed by atoms with Crippen molar-refractivity contribution in [2.45, 2.75) is 47.7 Å². The van der Waals surface area contributed by atoms with Crippen molar-refractivity contribution in [3.63, 3.8) is 0 Å². The number of aromatic nitrogens is 10. The van der Waals surface area contributed by atoms with Crippen LogP contribution in [0.2, 0.25) is 10.3 Å². The normalized spacial score (nSPS) is 9.86. The number of ketones is 3. The Bertz CT molecular complexity index is 2170. The van der Waals surface area contributed by atoms with Crippen LogP contribution < -0.4 is 62.6 Å². The second-order valence-corrected chi connectivity index (χ2v) is 11.7. The van der Waals surface area contributed by atoms with Gasteiger partial charge in [0.15, 0.2) is 29.2 Å². The molecule has 0 amide bonds. The average Bonchev–Trinajstić information content (AvgIpc) is 3.69. The highest BCUT2D eigenvalue weighted by Gasteiger charge is 2.13. The molecule has 0 atom stereocenters. The summed E-state index contributed by atoms with van der Waals surface area (Å²) in [5, 5.41) is 20.3. The van der Waals surface area contributed by atoms with E-state index in [2.05, 4.69) is 81.4 Å². The topological polar surface area (TPSA) is 392 Å². The summed E-state index contributed by atoms with van der Waals surface area (Å²) in [7, 11) is 0. The van der Waals surface area contributed by atoms with Gasteiger partial charge >= 0.3 is 5.97 Å². The van der Waals surface area contributed by atoms with Gasteiger partial charge in [-0.2, -0.15) is 30.6 Å². The van der Waals surface area contributed by atoms with Gasteiger partial charge in [-0.05, 0) is 33.9 Å². The van der Waals surface area contributed by atoms with Crippen LogP contribution in [0.15, 0.2) is 17.2 Å². The van der Waals surface area contributed by atoms with Crippen molar-refractivity contribution in [2.75, 3.05) is 48.8 Å². The highest BCUT2D eigenvalue weighted by atomic mass is 35.5. The molecule has 5 aromatic heterocycles. The molecule has 0 aliphatic carbocycles. The van der Waals surface area contributed by atoms with Crippen molar-refractivity contribution in [3.8, 4) is 0 Å². The Morgan fingerprint density at radius 1 is 0.828 bits per heavy atom. The second kappa shape index (κ2) is 26.8. The number of hydrogen-bond acceptors (Lipinski definition) is 20. The molecule has 318 valence electrons. The van der Waals surface area contributed by atoms with Crippen molar-refractivity contribution in [1.82, 2.24) is 65.6 Å². The molecule has 5 rings (SSSR count). The number of nitrogens with two attached hydrogens (primary N) is 3. The minimum absolute atomic E-state index is 0. The third kappa shape index (κ3) is 18.3. The fourth-order valence-corrected chi connectivity index (χ4v) is 4.32. The number of hydrazine groups is 1. The third-order valence-corrected chi connectivity index (χ3v) is 6.68. The lowest BCUT2D eigenvalue weighted by atomic mass is 10.4. The van der Waals surface area contributed by atoms with Crippen LogP contribution in [0.5, 0.6) is 0 Å². The fourth-order valence-electron chi connectivity index (χ4n) is 3.83. The number of anilines is 4. The number of rotatable bonds is 13. The van der Waals surface area contributed by atoms with E-state index < -0.39 is 11.5 Å². The zero-order valence-electron chi connectivity index (χ0n) is 32.0. The van der Waals surface area contributed by atoms with Crippen LogP contribution in [0.3, 0.4) is 0 Å². The molecular formula is C30H45Cl3N18O7. The fraction of sp³-hybridized carbons (Fsp3) is 0.367. The highest BCUT2D eigenvalue weighted by Crippen LogP contribution is 2.21. The molecule has 0 bridgehead atoms. The molecule has 0 saturated heterocycles. The Morgan fingerprint density at radius 2 is 1.34 bits per heavy atom. The molecule has 5 heterocycles.